The second-order valence-electron chi connectivity index (χ2n) is 3.69. The van der Waals surface area contributed by atoms with Crippen LogP contribution >= 0.6 is 31.9 Å². The van der Waals surface area contributed by atoms with Crippen molar-refractivity contribution in [2.75, 3.05) is 11.9 Å². The van der Waals surface area contributed by atoms with E-state index in [2.05, 4.69) is 55.9 Å². The quantitative estimate of drug-likeness (QED) is 0.517. The Morgan fingerprint density at radius 1 is 1.19 bits per heavy atom. The van der Waals surface area contributed by atoms with Gasteiger partial charge in [0.15, 0.2) is 0 Å². The average Bonchev–Trinajstić information content (AvgIpc) is 2.26. The molecule has 1 rings (SSSR count). The molecular weight excluding hydrogens is 330 g/mol. The van der Waals surface area contributed by atoms with Gasteiger partial charge in [0, 0.05) is 21.2 Å². The van der Waals surface area contributed by atoms with Gasteiger partial charge in [0.2, 0.25) is 0 Å². The van der Waals surface area contributed by atoms with Crippen LogP contribution in [0, 0.1) is 0 Å². The number of halogens is 2. The Hall–Kier alpha value is -0.280. The topological polar surface area (TPSA) is 12.0 Å². The summed E-state index contributed by atoms with van der Waals surface area (Å²) in [5.41, 5.74) is 1.16. The van der Waals surface area contributed by atoms with Crippen LogP contribution in [0.5, 0.6) is 0 Å². The number of allylic oxidation sites excluding steroid dienone is 1. The Morgan fingerprint density at radius 2 is 2.00 bits per heavy atom. The van der Waals surface area contributed by atoms with Gasteiger partial charge < -0.3 is 5.32 Å². The van der Waals surface area contributed by atoms with Crippen molar-refractivity contribution in [1.29, 1.82) is 0 Å². The Bertz CT molecular complexity index is 337. The first-order valence-electron chi connectivity index (χ1n) is 5.54. The predicted molar refractivity (Wildman–Crippen MR) is 79.0 cm³/mol. The van der Waals surface area contributed by atoms with Crippen LogP contribution in [0.4, 0.5) is 5.69 Å². The van der Waals surface area contributed by atoms with Crippen LogP contribution in [0.15, 0.2) is 39.8 Å². The summed E-state index contributed by atoms with van der Waals surface area (Å²) in [4.78, 5) is 0. The fourth-order valence-electron chi connectivity index (χ4n) is 1.45. The van der Waals surface area contributed by atoms with E-state index in [1.165, 1.54) is 19.3 Å². The minimum Gasteiger partial charge on any atom is -0.384 e. The van der Waals surface area contributed by atoms with E-state index >= 15 is 0 Å². The second-order valence-corrected chi connectivity index (χ2v) is 5.46. The number of unbranched alkanes of at least 4 members (excludes halogenated alkanes) is 3. The van der Waals surface area contributed by atoms with E-state index in [0.717, 1.165) is 27.6 Å². The molecule has 1 aromatic rings. The molecule has 0 radical (unpaired) electrons. The van der Waals surface area contributed by atoms with Crippen molar-refractivity contribution < 1.29 is 0 Å². The van der Waals surface area contributed by atoms with Crippen molar-refractivity contribution in [3.8, 4) is 0 Å². The lowest BCUT2D eigenvalue weighted by Gasteiger charge is -2.08. The SMILES string of the molecule is C=CCCCCCNc1ccc(Br)cc1Br. The Balaban J connectivity index is 2.24. The summed E-state index contributed by atoms with van der Waals surface area (Å²) in [5.74, 6) is 0. The van der Waals surface area contributed by atoms with E-state index in [1.54, 1.807) is 0 Å². The predicted octanol–water partition coefficient (Wildman–Crippen LogP) is 5.37. The van der Waals surface area contributed by atoms with Gasteiger partial charge in [-0.25, -0.2) is 0 Å². The molecule has 0 spiro atoms. The van der Waals surface area contributed by atoms with Gasteiger partial charge in [0.1, 0.15) is 0 Å². The van der Waals surface area contributed by atoms with Gasteiger partial charge in [-0.3, -0.25) is 0 Å². The Labute approximate surface area is 115 Å². The maximum Gasteiger partial charge on any atom is 0.0485 e. The molecule has 0 fully saturated rings. The monoisotopic (exact) mass is 345 g/mol. The molecule has 0 aromatic heterocycles. The molecule has 16 heavy (non-hydrogen) atoms. The minimum atomic E-state index is 1.03. The van der Waals surface area contributed by atoms with Crippen molar-refractivity contribution >= 4 is 37.5 Å². The van der Waals surface area contributed by atoms with E-state index in [9.17, 15) is 0 Å². The third kappa shape index (κ3) is 5.17. The molecule has 0 bridgehead atoms. The molecule has 0 saturated carbocycles. The second kappa shape index (κ2) is 7.91. The molecule has 1 N–H and O–H groups in total. The Morgan fingerprint density at radius 3 is 2.69 bits per heavy atom. The number of hydrogen-bond donors (Lipinski definition) is 1. The first-order valence-corrected chi connectivity index (χ1v) is 7.12. The van der Waals surface area contributed by atoms with Crippen LogP contribution in [0.2, 0.25) is 0 Å². The van der Waals surface area contributed by atoms with Crippen molar-refractivity contribution in [1.82, 2.24) is 0 Å². The van der Waals surface area contributed by atoms with E-state index in [4.69, 9.17) is 0 Å². The number of benzene rings is 1. The molecule has 0 heterocycles. The highest BCUT2D eigenvalue weighted by atomic mass is 79.9. The molecule has 0 saturated heterocycles. The largest absolute Gasteiger partial charge is 0.384 e. The fourth-order valence-corrected chi connectivity index (χ4v) is 2.63. The van der Waals surface area contributed by atoms with Gasteiger partial charge in [0.05, 0.1) is 0 Å². The summed E-state index contributed by atoms with van der Waals surface area (Å²) in [6.07, 6.45) is 6.82. The van der Waals surface area contributed by atoms with Gasteiger partial charge in [-0.05, 0) is 53.4 Å². The third-order valence-corrected chi connectivity index (χ3v) is 3.48. The normalized spacial score (nSPS) is 10.1. The molecule has 3 heteroatoms. The summed E-state index contributed by atoms with van der Waals surface area (Å²) < 4.78 is 2.20. The number of rotatable bonds is 7. The van der Waals surface area contributed by atoms with Gasteiger partial charge >= 0.3 is 0 Å². The van der Waals surface area contributed by atoms with Crippen molar-refractivity contribution in [3.63, 3.8) is 0 Å². The van der Waals surface area contributed by atoms with Crippen LogP contribution in [-0.2, 0) is 0 Å². The van der Waals surface area contributed by atoms with Gasteiger partial charge in [0.25, 0.3) is 0 Å². The smallest absolute Gasteiger partial charge is 0.0485 e. The van der Waals surface area contributed by atoms with Crippen LogP contribution in [-0.4, -0.2) is 6.54 Å². The van der Waals surface area contributed by atoms with Crippen molar-refractivity contribution in [2.24, 2.45) is 0 Å². The van der Waals surface area contributed by atoms with E-state index in [1.807, 2.05) is 12.1 Å². The first-order chi connectivity index (χ1) is 7.74. The van der Waals surface area contributed by atoms with E-state index in [-0.39, 0.29) is 0 Å². The summed E-state index contributed by atoms with van der Waals surface area (Å²) in [6.45, 7) is 4.74. The van der Waals surface area contributed by atoms with E-state index in [0.29, 0.717) is 0 Å². The first kappa shape index (κ1) is 13.8. The zero-order valence-electron chi connectivity index (χ0n) is 9.31. The highest BCUT2D eigenvalue weighted by Gasteiger charge is 1.98. The molecule has 1 aromatic carbocycles. The van der Waals surface area contributed by atoms with Gasteiger partial charge in [-0.15, -0.1) is 6.58 Å². The summed E-state index contributed by atoms with van der Waals surface area (Å²) >= 11 is 6.97. The fraction of sp³-hybridized carbons (Fsp3) is 0.385. The molecular formula is C13H17Br2N. The lowest BCUT2D eigenvalue weighted by atomic mass is 10.2. The molecule has 0 aliphatic rings. The van der Waals surface area contributed by atoms with Crippen LogP contribution in [0.25, 0.3) is 0 Å². The zero-order valence-corrected chi connectivity index (χ0v) is 12.5. The van der Waals surface area contributed by atoms with Crippen molar-refractivity contribution in [3.05, 3.63) is 39.8 Å². The van der Waals surface area contributed by atoms with Crippen LogP contribution < -0.4 is 5.32 Å². The standard InChI is InChI=1S/C13H17Br2N/c1-2-3-4-5-6-9-16-13-8-7-11(14)10-12(13)15/h2,7-8,10,16H,1,3-6,9H2. The minimum absolute atomic E-state index is 1.03. The lowest BCUT2D eigenvalue weighted by molar-refractivity contribution is 0.708. The van der Waals surface area contributed by atoms with Crippen LogP contribution in [0.1, 0.15) is 25.7 Å². The number of hydrogen-bond acceptors (Lipinski definition) is 1. The van der Waals surface area contributed by atoms with Crippen molar-refractivity contribution in [2.45, 2.75) is 25.7 Å². The highest BCUT2D eigenvalue weighted by Crippen LogP contribution is 2.26. The third-order valence-electron chi connectivity index (χ3n) is 2.33. The molecule has 0 amide bonds. The molecule has 0 aliphatic heterocycles. The average molecular weight is 347 g/mol. The number of nitrogens with one attached hydrogen (secondary N) is 1. The molecule has 1 nitrogen and oxygen atoms in total. The molecule has 0 unspecified atom stereocenters. The Kier molecular flexibility index (Phi) is 6.81. The van der Waals surface area contributed by atoms with Gasteiger partial charge in [-0.1, -0.05) is 28.4 Å². The zero-order chi connectivity index (χ0) is 11.8. The number of anilines is 1. The molecule has 0 aliphatic carbocycles. The maximum absolute atomic E-state index is 3.72. The molecule has 88 valence electrons. The summed E-state index contributed by atoms with van der Waals surface area (Å²) in [5, 5.41) is 3.42. The lowest BCUT2D eigenvalue weighted by Crippen LogP contribution is -2.01. The highest BCUT2D eigenvalue weighted by molar-refractivity contribution is 9.11. The van der Waals surface area contributed by atoms with Gasteiger partial charge in [-0.2, -0.15) is 0 Å². The molecule has 0 atom stereocenters. The van der Waals surface area contributed by atoms with Crippen LogP contribution in [0.3, 0.4) is 0 Å². The summed E-state index contributed by atoms with van der Waals surface area (Å²) in [6, 6.07) is 6.18. The maximum atomic E-state index is 3.72. The van der Waals surface area contributed by atoms with E-state index < -0.39 is 0 Å². The summed E-state index contributed by atoms with van der Waals surface area (Å²) in [7, 11) is 0.